The van der Waals surface area contributed by atoms with Crippen molar-refractivity contribution in [1.29, 1.82) is 0 Å². The molecule has 0 saturated carbocycles. The Kier molecular flexibility index (Phi) is 6.29. The Morgan fingerprint density at radius 2 is 1.83 bits per heavy atom. The highest BCUT2D eigenvalue weighted by atomic mass is 32.2. The number of thiol groups is 1. The van der Waals surface area contributed by atoms with E-state index in [1.165, 1.54) is 6.26 Å². The third-order valence-electron chi connectivity index (χ3n) is 2.90. The number of hydrogen-bond donors (Lipinski definition) is 2. The lowest BCUT2D eigenvalue weighted by molar-refractivity contribution is -0.136. The Balaban J connectivity index is 0.00000127. The van der Waals surface area contributed by atoms with Gasteiger partial charge in [-0.05, 0) is 31.6 Å². The summed E-state index contributed by atoms with van der Waals surface area (Å²) in [6, 6.07) is 1.01. The molecule has 0 aliphatic heterocycles. The molecule has 0 spiro atoms. The van der Waals surface area contributed by atoms with Gasteiger partial charge in [-0.2, -0.15) is 25.8 Å². The molecule has 1 N–H and O–H groups in total. The van der Waals surface area contributed by atoms with E-state index in [1.54, 1.807) is 6.26 Å². The SMILES string of the molecule is CS.CSc1[nH]c2c(C(F)(F)F)cc(F)cc2c(=O)c1C(C)=O. The molecule has 2 aromatic rings. The number of H-pyrrole nitrogens is 1. The summed E-state index contributed by atoms with van der Waals surface area (Å²) in [6.45, 7) is 1.13. The zero-order valence-electron chi connectivity index (χ0n) is 12.3. The van der Waals surface area contributed by atoms with Gasteiger partial charge in [-0.1, -0.05) is 0 Å². The molecule has 2 rings (SSSR count). The maximum Gasteiger partial charge on any atom is 0.418 e. The van der Waals surface area contributed by atoms with E-state index in [1.807, 2.05) is 0 Å². The molecule has 1 heterocycles. The van der Waals surface area contributed by atoms with E-state index in [0.29, 0.717) is 12.1 Å². The van der Waals surface area contributed by atoms with Crippen molar-refractivity contribution >= 4 is 41.1 Å². The third kappa shape index (κ3) is 3.89. The molecule has 0 aliphatic carbocycles. The first-order chi connectivity index (χ1) is 10.7. The maximum atomic E-state index is 13.4. The molecular weight excluding hydrogens is 354 g/mol. The number of benzene rings is 1. The number of carbonyl (C=O) groups is 1. The van der Waals surface area contributed by atoms with E-state index >= 15 is 0 Å². The fourth-order valence-corrected chi connectivity index (χ4v) is 2.68. The minimum absolute atomic E-state index is 0.0251. The number of fused-ring (bicyclic) bond motifs is 1. The standard InChI is InChI=1S/C13H9F4NO2S.CH4S/c1-5(19)9-11(20)7-3-6(14)4-8(13(15,16)17)10(7)18-12(9)21-2;1-2/h3-4H,1-2H3,(H,18,20);2H,1H3. The van der Waals surface area contributed by atoms with Crippen LogP contribution in [-0.4, -0.2) is 23.3 Å². The van der Waals surface area contributed by atoms with Crippen molar-refractivity contribution in [1.82, 2.24) is 4.98 Å². The van der Waals surface area contributed by atoms with Crippen molar-refractivity contribution in [3.63, 3.8) is 0 Å². The fourth-order valence-electron chi connectivity index (χ4n) is 2.03. The van der Waals surface area contributed by atoms with Gasteiger partial charge < -0.3 is 4.98 Å². The van der Waals surface area contributed by atoms with Gasteiger partial charge in [0, 0.05) is 5.39 Å². The number of nitrogens with one attached hydrogen (secondary N) is 1. The highest BCUT2D eigenvalue weighted by molar-refractivity contribution is 7.98. The van der Waals surface area contributed by atoms with Gasteiger partial charge in [0.2, 0.25) is 5.43 Å². The summed E-state index contributed by atoms with van der Waals surface area (Å²) in [5, 5.41) is -0.470. The first-order valence-electron chi connectivity index (χ1n) is 6.13. The van der Waals surface area contributed by atoms with Crippen LogP contribution in [0.2, 0.25) is 0 Å². The second-order valence-corrected chi connectivity index (χ2v) is 5.11. The largest absolute Gasteiger partial charge is 0.418 e. The molecule has 9 heteroatoms. The van der Waals surface area contributed by atoms with Gasteiger partial charge in [0.1, 0.15) is 5.82 Å². The summed E-state index contributed by atoms with van der Waals surface area (Å²) in [5.41, 5.74) is -2.98. The Labute approximate surface area is 138 Å². The first-order valence-corrected chi connectivity index (χ1v) is 8.25. The summed E-state index contributed by atoms with van der Waals surface area (Å²) >= 11 is 4.47. The molecule has 0 amide bonds. The van der Waals surface area contributed by atoms with Crippen LogP contribution in [0.5, 0.6) is 0 Å². The molecule has 0 radical (unpaired) electrons. The molecule has 126 valence electrons. The minimum atomic E-state index is -4.82. The zero-order chi connectivity index (χ0) is 17.9. The third-order valence-corrected chi connectivity index (χ3v) is 3.62. The summed E-state index contributed by atoms with van der Waals surface area (Å²) < 4.78 is 52.3. The van der Waals surface area contributed by atoms with Crippen LogP contribution in [0.1, 0.15) is 22.8 Å². The molecule has 0 bridgehead atoms. The molecule has 23 heavy (non-hydrogen) atoms. The van der Waals surface area contributed by atoms with E-state index in [-0.39, 0.29) is 10.6 Å². The number of alkyl halides is 3. The first kappa shape index (κ1) is 19.6. The molecule has 0 fully saturated rings. The van der Waals surface area contributed by atoms with E-state index in [0.717, 1.165) is 18.7 Å². The zero-order valence-corrected chi connectivity index (χ0v) is 14.0. The number of rotatable bonds is 2. The molecule has 3 nitrogen and oxygen atoms in total. The van der Waals surface area contributed by atoms with Gasteiger partial charge in [0.25, 0.3) is 0 Å². The van der Waals surface area contributed by atoms with E-state index in [4.69, 9.17) is 0 Å². The molecule has 0 saturated heterocycles. The van der Waals surface area contributed by atoms with Gasteiger partial charge in [-0.15, -0.1) is 11.8 Å². The second-order valence-electron chi connectivity index (χ2n) is 4.29. The Morgan fingerprint density at radius 3 is 2.26 bits per heavy atom. The van der Waals surface area contributed by atoms with Crippen LogP contribution in [-0.2, 0) is 6.18 Å². The average Bonchev–Trinajstić information content (AvgIpc) is 2.47. The van der Waals surface area contributed by atoms with Crippen molar-refractivity contribution in [2.24, 2.45) is 0 Å². The van der Waals surface area contributed by atoms with Crippen molar-refractivity contribution in [3.05, 3.63) is 39.3 Å². The van der Waals surface area contributed by atoms with E-state index in [9.17, 15) is 27.2 Å². The second kappa shape index (κ2) is 7.39. The number of pyridine rings is 1. The predicted molar refractivity (Wildman–Crippen MR) is 86.2 cm³/mol. The molecular formula is C14H13F4NO2S2. The van der Waals surface area contributed by atoms with Crippen LogP contribution in [0.25, 0.3) is 10.9 Å². The van der Waals surface area contributed by atoms with Crippen LogP contribution in [0.15, 0.2) is 22.0 Å². The molecule has 0 atom stereocenters. The summed E-state index contributed by atoms with van der Waals surface area (Å²) in [6.07, 6.45) is -1.61. The van der Waals surface area contributed by atoms with Gasteiger partial charge in [0.05, 0.1) is 21.7 Å². The van der Waals surface area contributed by atoms with Crippen molar-refractivity contribution in [2.45, 2.75) is 18.1 Å². The van der Waals surface area contributed by atoms with Gasteiger partial charge in [0.15, 0.2) is 5.78 Å². The predicted octanol–water partition coefficient (Wildman–Crippen LogP) is 4.16. The maximum absolute atomic E-state index is 13.4. The highest BCUT2D eigenvalue weighted by Gasteiger charge is 2.34. The minimum Gasteiger partial charge on any atom is -0.348 e. The number of ketones is 1. The molecule has 1 aromatic heterocycles. The summed E-state index contributed by atoms with van der Waals surface area (Å²) in [5.74, 6) is -1.79. The number of halogens is 4. The number of thioether (sulfide) groups is 1. The van der Waals surface area contributed by atoms with Crippen LogP contribution in [0, 0.1) is 5.82 Å². The summed E-state index contributed by atoms with van der Waals surface area (Å²) in [7, 11) is 0. The Bertz CT molecular complexity index is 800. The quantitative estimate of drug-likeness (QED) is 0.363. The lowest BCUT2D eigenvalue weighted by atomic mass is 10.1. The number of hydrogen-bond acceptors (Lipinski definition) is 4. The van der Waals surface area contributed by atoms with Crippen molar-refractivity contribution < 1.29 is 22.4 Å². The molecule has 1 aromatic carbocycles. The van der Waals surface area contributed by atoms with Gasteiger partial charge in [-0.3, -0.25) is 9.59 Å². The van der Waals surface area contributed by atoms with E-state index < -0.39 is 39.7 Å². The fraction of sp³-hybridized carbons (Fsp3) is 0.286. The topological polar surface area (TPSA) is 49.9 Å². The number of aromatic nitrogens is 1. The van der Waals surface area contributed by atoms with E-state index in [2.05, 4.69) is 17.6 Å². The van der Waals surface area contributed by atoms with Crippen LogP contribution >= 0.6 is 24.4 Å². The monoisotopic (exact) mass is 367 g/mol. The smallest absolute Gasteiger partial charge is 0.348 e. The Morgan fingerprint density at radius 1 is 1.26 bits per heavy atom. The number of Topliss-reactive ketones (excluding diaryl/α,β-unsaturated/α-hetero) is 1. The van der Waals surface area contributed by atoms with Gasteiger partial charge >= 0.3 is 6.18 Å². The van der Waals surface area contributed by atoms with Crippen LogP contribution in [0.4, 0.5) is 17.6 Å². The lowest BCUT2D eigenvalue weighted by Crippen LogP contribution is -2.18. The van der Waals surface area contributed by atoms with Crippen molar-refractivity contribution in [3.8, 4) is 0 Å². The molecule has 0 unspecified atom stereocenters. The lowest BCUT2D eigenvalue weighted by Gasteiger charge is -2.13. The van der Waals surface area contributed by atoms with Crippen molar-refractivity contribution in [2.75, 3.05) is 12.5 Å². The van der Waals surface area contributed by atoms with Gasteiger partial charge in [-0.25, -0.2) is 4.39 Å². The normalized spacial score (nSPS) is 11.1. The Hall–Kier alpha value is -1.48. The van der Waals surface area contributed by atoms with Crippen LogP contribution < -0.4 is 5.43 Å². The number of aromatic amines is 1. The summed E-state index contributed by atoms with van der Waals surface area (Å²) in [4.78, 5) is 26.1. The number of carbonyl (C=O) groups excluding carboxylic acids is 1. The molecule has 0 aliphatic rings. The average molecular weight is 367 g/mol. The highest BCUT2D eigenvalue weighted by Crippen LogP contribution is 2.35. The van der Waals surface area contributed by atoms with Crippen LogP contribution in [0.3, 0.4) is 0 Å².